The van der Waals surface area contributed by atoms with Gasteiger partial charge in [-0.3, -0.25) is 4.79 Å². The van der Waals surface area contributed by atoms with Crippen LogP contribution in [0.2, 0.25) is 0 Å². The molecule has 1 aliphatic rings. The fourth-order valence-electron chi connectivity index (χ4n) is 3.11. The molecule has 21 heavy (non-hydrogen) atoms. The molecule has 2 nitrogen and oxygen atoms in total. The SMILES string of the molecule is COc1ccc(CC2CCCc3ccccc3C2=O)cc1. The van der Waals surface area contributed by atoms with E-state index >= 15 is 0 Å². The maximum atomic E-state index is 12.7. The van der Waals surface area contributed by atoms with Crippen LogP contribution < -0.4 is 4.74 Å². The number of ether oxygens (including phenoxy) is 1. The first-order valence-electron chi connectivity index (χ1n) is 7.53. The number of aryl methyl sites for hydroxylation is 1. The molecule has 2 aromatic rings. The molecule has 0 spiro atoms. The molecule has 0 aliphatic heterocycles. The Morgan fingerprint density at radius 2 is 1.86 bits per heavy atom. The van der Waals surface area contributed by atoms with Crippen molar-refractivity contribution in [2.75, 3.05) is 7.11 Å². The lowest BCUT2D eigenvalue weighted by atomic mass is 9.89. The predicted molar refractivity (Wildman–Crippen MR) is 83.9 cm³/mol. The highest BCUT2D eigenvalue weighted by Crippen LogP contribution is 2.27. The van der Waals surface area contributed by atoms with Crippen molar-refractivity contribution in [3.8, 4) is 5.75 Å². The molecule has 1 atom stereocenters. The van der Waals surface area contributed by atoms with E-state index in [2.05, 4.69) is 18.2 Å². The Morgan fingerprint density at radius 3 is 2.62 bits per heavy atom. The van der Waals surface area contributed by atoms with Crippen molar-refractivity contribution in [1.29, 1.82) is 0 Å². The van der Waals surface area contributed by atoms with Gasteiger partial charge in [0.2, 0.25) is 0 Å². The molecule has 0 aromatic heterocycles. The molecule has 0 heterocycles. The Bertz CT molecular complexity index is 628. The highest BCUT2D eigenvalue weighted by molar-refractivity contribution is 5.99. The van der Waals surface area contributed by atoms with Crippen molar-refractivity contribution in [2.24, 2.45) is 5.92 Å². The monoisotopic (exact) mass is 280 g/mol. The number of hydrogen-bond donors (Lipinski definition) is 0. The Labute approximate surface area is 125 Å². The second kappa shape index (κ2) is 6.13. The van der Waals surface area contributed by atoms with Crippen LogP contribution in [0.25, 0.3) is 0 Å². The number of carbonyl (C=O) groups is 1. The summed E-state index contributed by atoms with van der Waals surface area (Å²) in [4.78, 5) is 12.7. The van der Waals surface area contributed by atoms with Crippen LogP contribution in [-0.2, 0) is 12.8 Å². The van der Waals surface area contributed by atoms with E-state index in [0.717, 1.165) is 37.0 Å². The van der Waals surface area contributed by atoms with Crippen molar-refractivity contribution in [3.05, 3.63) is 65.2 Å². The average Bonchev–Trinajstić information content (AvgIpc) is 2.69. The number of carbonyl (C=O) groups excluding carboxylic acids is 1. The smallest absolute Gasteiger partial charge is 0.166 e. The zero-order chi connectivity index (χ0) is 14.7. The molecule has 1 unspecified atom stereocenters. The minimum Gasteiger partial charge on any atom is -0.497 e. The summed E-state index contributed by atoms with van der Waals surface area (Å²) in [5, 5.41) is 0. The van der Waals surface area contributed by atoms with Gasteiger partial charge in [0.1, 0.15) is 5.75 Å². The number of Topliss-reactive ketones (excluding diaryl/α,β-unsaturated/α-hetero) is 1. The molecule has 1 aliphatic carbocycles. The van der Waals surface area contributed by atoms with Crippen LogP contribution in [0.3, 0.4) is 0 Å². The molecule has 2 heteroatoms. The number of fused-ring (bicyclic) bond motifs is 1. The third-order valence-electron chi connectivity index (χ3n) is 4.29. The fraction of sp³-hybridized carbons (Fsp3) is 0.316. The van der Waals surface area contributed by atoms with Crippen LogP contribution in [0.1, 0.15) is 34.3 Å². The summed E-state index contributed by atoms with van der Waals surface area (Å²) in [5.41, 5.74) is 3.33. The summed E-state index contributed by atoms with van der Waals surface area (Å²) in [6.45, 7) is 0. The molecule has 0 saturated heterocycles. The minimum atomic E-state index is 0.0991. The molecule has 2 aromatic carbocycles. The van der Waals surface area contributed by atoms with Crippen LogP contribution in [0.4, 0.5) is 0 Å². The van der Waals surface area contributed by atoms with Crippen LogP contribution in [0, 0.1) is 5.92 Å². The third kappa shape index (κ3) is 2.99. The van der Waals surface area contributed by atoms with E-state index in [9.17, 15) is 4.79 Å². The highest BCUT2D eigenvalue weighted by atomic mass is 16.5. The summed E-state index contributed by atoms with van der Waals surface area (Å²) in [5.74, 6) is 1.26. The normalized spacial score (nSPS) is 18.0. The topological polar surface area (TPSA) is 26.3 Å². The summed E-state index contributed by atoms with van der Waals surface area (Å²) >= 11 is 0. The Balaban J connectivity index is 1.80. The van der Waals surface area contributed by atoms with Crippen molar-refractivity contribution < 1.29 is 9.53 Å². The second-order valence-corrected chi connectivity index (χ2v) is 5.66. The molecular formula is C19H20O2. The first-order valence-corrected chi connectivity index (χ1v) is 7.53. The van der Waals surface area contributed by atoms with E-state index in [-0.39, 0.29) is 5.92 Å². The van der Waals surface area contributed by atoms with Crippen LogP contribution in [-0.4, -0.2) is 12.9 Å². The van der Waals surface area contributed by atoms with Gasteiger partial charge >= 0.3 is 0 Å². The number of rotatable bonds is 3. The van der Waals surface area contributed by atoms with Crippen LogP contribution in [0.15, 0.2) is 48.5 Å². The van der Waals surface area contributed by atoms with Gasteiger partial charge in [-0.1, -0.05) is 36.4 Å². The third-order valence-corrected chi connectivity index (χ3v) is 4.29. The lowest BCUT2D eigenvalue weighted by Gasteiger charge is -2.14. The molecule has 0 amide bonds. The zero-order valence-electron chi connectivity index (χ0n) is 12.3. The minimum absolute atomic E-state index is 0.0991. The molecular weight excluding hydrogens is 260 g/mol. The second-order valence-electron chi connectivity index (χ2n) is 5.66. The predicted octanol–water partition coefficient (Wildman–Crippen LogP) is 4.07. The molecule has 0 bridgehead atoms. The highest BCUT2D eigenvalue weighted by Gasteiger charge is 2.25. The lowest BCUT2D eigenvalue weighted by molar-refractivity contribution is 0.0915. The fourth-order valence-corrected chi connectivity index (χ4v) is 3.11. The van der Waals surface area contributed by atoms with E-state index in [1.54, 1.807) is 7.11 Å². The van der Waals surface area contributed by atoms with Crippen molar-refractivity contribution in [1.82, 2.24) is 0 Å². The van der Waals surface area contributed by atoms with Gasteiger partial charge in [0.15, 0.2) is 5.78 Å². The summed E-state index contributed by atoms with van der Waals surface area (Å²) < 4.78 is 5.18. The van der Waals surface area contributed by atoms with Crippen molar-refractivity contribution >= 4 is 5.78 Å². The molecule has 0 N–H and O–H groups in total. The van der Waals surface area contributed by atoms with Crippen LogP contribution in [0.5, 0.6) is 5.75 Å². The van der Waals surface area contributed by atoms with Gasteiger partial charge in [0.05, 0.1) is 7.11 Å². The maximum Gasteiger partial charge on any atom is 0.166 e. The molecule has 0 fully saturated rings. The van der Waals surface area contributed by atoms with Gasteiger partial charge in [-0.05, 0) is 48.9 Å². The van der Waals surface area contributed by atoms with E-state index in [1.165, 1.54) is 11.1 Å². The summed E-state index contributed by atoms with van der Waals surface area (Å²) in [7, 11) is 1.67. The van der Waals surface area contributed by atoms with E-state index in [1.807, 2.05) is 30.3 Å². The first kappa shape index (κ1) is 13.9. The number of methoxy groups -OCH3 is 1. The number of ketones is 1. The Hall–Kier alpha value is -2.09. The molecule has 3 rings (SSSR count). The largest absolute Gasteiger partial charge is 0.497 e. The van der Waals surface area contributed by atoms with Gasteiger partial charge in [0, 0.05) is 11.5 Å². The average molecular weight is 280 g/mol. The van der Waals surface area contributed by atoms with Crippen molar-refractivity contribution in [2.45, 2.75) is 25.7 Å². The Morgan fingerprint density at radius 1 is 1.10 bits per heavy atom. The van der Waals surface area contributed by atoms with Gasteiger partial charge in [-0.25, -0.2) is 0 Å². The number of hydrogen-bond acceptors (Lipinski definition) is 2. The zero-order valence-corrected chi connectivity index (χ0v) is 12.3. The van der Waals surface area contributed by atoms with E-state index < -0.39 is 0 Å². The number of benzene rings is 2. The van der Waals surface area contributed by atoms with E-state index in [4.69, 9.17) is 4.74 Å². The van der Waals surface area contributed by atoms with Gasteiger partial charge in [0.25, 0.3) is 0 Å². The maximum absolute atomic E-state index is 12.7. The standard InChI is InChI=1S/C19H20O2/c1-21-17-11-9-14(10-12-17)13-16-7-4-6-15-5-2-3-8-18(15)19(16)20/h2-3,5,8-12,16H,4,6-7,13H2,1H3. The Kier molecular flexibility index (Phi) is 4.05. The van der Waals surface area contributed by atoms with Gasteiger partial charge in [-0.2, -0.15) is 0 Å². The molecule has 0 radical (unpaired) electrons. The molecule has 108 valence electrons. The van der Waals surface area contributed by atoms with Gasteiger partial charge in [-0.15, -0.1) is 0 Å². The summed E-state index contributed by atoms with van der Waals surface area (Å²) in [6, 6.07) is 16.1. The molecule has 0 saturated carbocycles. The van der Waals surface area contributed by atoms with Crippen LogP contribution >= 0.6 is 0 Å². The quantitative estimate of drug-likeness (QED) is 0.792. The van der Waals surface area contributed by atoms with E-state index in [0.29, 0.717) is 5.78 Å². The van der Waals surface area contributed by atoms with Crippen molar-refractivity contribution in [3.63, 3.8) is 0 Å². The lowest BCUT2D eigenvalue weighted by Crippen LogP contribution is -2.16. The summed E-state index contributed by atoms with van der Waals surface area (Å²) in [6.07, 6.45) is 3.89. The first-order chi connectivity index (χ1) is 10.3. The van der Waals surface area contributed by atoms with Gasteiger partial charge < -0.3 is 4.74 Å².